The third kappa shape index (κ3) is 4.51. The van der Waals surface area contributed by atoms with E-state index >= 15 is 0 Å². The minimum atomic E-state index is 0.308. The summed E-state index contributed by atoms with van der Waals surface area (Å²) in [5, 5.41) is 8.98. The molecular weight excluding hydrogens is 342 g/mol. The van der Waals surface area contributed by atoms with Crippen LogP contribution in [-0.2, 0) is 23.1 Å². The number of carbonyl (C=O) groups excluding carboxylic acids is 1. The Hall–Kier alpha value is -1.47. The SMILES string of the molecule is Cn1c(CN2CCOCC2)nnc1[C@H]1CCCN(C(=O)CC2CCCC2)C1. The molecule has 3 aliphatic rings. The number of morpholine rings is 1. The van der Waals surface area contributed by atoms with Crippen LogP contribution in [0.25, 0.3) is 0 Å². The molecule has 0 aromatic carbocycles. The van der Waals surface area contributed by atoms with Crippen LogP contribution in [0.3, 0.4) is 0 Å². The normalized spacial score (nSPS) is 25.2. The first kappa shape index (κ1) is 18.9. The number of nitrogens with zero attached hydrogens (tertiary/aromatic N) is 5. The van der Waals surface area contributed by atoms with E-state index in [-0.39, 0.29) is 0 Å². The summed E-state index contributed by atoms with van der Waals surface area (Å²) in [6.45, 7) is 6.03. The standard InChI is InChI=1S/C20H33N5O2/c1-23-18(15-24-9-11-27-12-10-24)21-22-20(23)17-7-4-8-25(14-17)19(26)13-16-5-2-3-6-16/h16-17H,2-15H2,1H3/t17-/m0/s1. The molecule has 4 rings (SSSR count). The Morgan fingerprint density at radius 3 is 2.63 bits per heavy atom. The molecule has 0 bridgehead atoms. The summed E-state index contributed by atoms with van der Waals surface area (Å²) < 4.78 is 7.59. The Labute approximate surface area is 162 Å². The van der Waals surface area contributed by atoms with Crippen molar-refractivity contribution in [1.82, 2.24) is 24.6 Å². The van der Waals surface area contributed by atoms with Gasteiger partial charge in [-0.05, 0) is 31.6 Å². The van der Waals surface area contributed by atoms with Gasteiger partial charge >= 0.3 is 0 Å². The zero-order valence-electron chi connectivity index (χ0n) is 16.6. The van der Waals surface area contributed by atoms with E-state index in [9.17, 15) is 4.79 Å². The lowest BCUT2D eigenvalue weighted by molar-refractivity contribution is -0.133. The van der Waals surface area contributed by atoms with Gasteiger partial charge in [0.05, 0.1) is 19.8 Å². The van der Waals surface area contributed by atoms with Gasteiger partial charge in [-0.2, -0.15) is 0 Å². The largest absolute Gasteiger partial charge is 0.379 e. The second-order valence-electron chi connectivity index (χ2n) is 8.46. The molecule has 2 saturated heterocycles. The van der Waals surface area contributed by atoms with Crippen LogP contribution in [0, 0.1) is 5.92 Å². The smallest absolute Gasteiger partial charge is 0.222 e. The van der Waals surface area contributed by atoms with Crippen molar-refractivity contribution in [3.63, 3.8) is 0 Å². The van der Waals surface area contributed by atoms with Gasteiger partial charge in [0, 0.05) is 45.6 Å². The second-order valence-corrected chi connectivity index (χ2v) is 8.46. The summed E-state index contributed by atoms with van der Waals surface area (Å²) in [7, 11) is 2.07. The molecule has 1 aromatic heterocycles. The average molecular weight is 376 g/mol. The molecule has 0 unspecified atom stereocenters. The molecule has 7 heteroatoms. The Morgan fingerprint density at radius 2 is 1.85 bits per heavy atom. The number of hydrogen-bond acceptors (Lipinski definition) is 5. The van der Waals surface area contributed by atoms with E-state index < -0.39 is 0 Å². The maximum atomic E-state index is 12.7. The number of aromatic nitrogens is 3. The molecule has 1 aliphatic carbocycles. The van der Waals surface area contributed by atoms with E-state index in [2.05, 4.69) is 31.6 Å². The molecular formula is C20H33N5O2. The van der Waals surface area contributed by atoms with E-state index in [1.54, 1.807) is 0 Å². The van der Waals surface area contributed by atoms with Crippen LogP contribution >= 0.6 is 0 Å². The van der Waals surface area contributed by atoms with Crippen molar-refractivity contribution in [2.45, 2.75) is 57.4 Å². The predicted molar refractivity (Wildman–Crippen MR) is 102 cm³/mol. The summed E-state index contributed by atoms with van der Waals surface area (Å²) in [6, 6.07) is 0. The number of rotatable bonds is 5. The number of hydrogen-bond donors (Lipinski definition) is 0. The van der Waals surface area contributed by atoms with E-state index in [1.165, 1.54) is 25.7 Å². The highest BCUT2D eigenvalue weighted by atomic mass is 16.5. The first-order valence-corrected chi connectivity index (χ1v) is 10.7. The predicted octanol–water partition coefficient (Wildman–Crippen LogP) is 1.93. The van der Waals surface area contributed by atoms with Crippen molar-refractivity contribution in [1.29, 1.82) is 0 Å². The fraction of sp³-hybridized carbons (Fsp3) is 0.850. The van der Waals surface area contributed by atoms with Crippen LogP contribution in [0.2, 0.25) is 0 Å². The van der Waals surface area contributed by atoms with Gasteiger partial charge in [-0.25, -0.2) is 0 Å². The minimum Gasteiger partial charge on any atom is -0.379 e. The first-order chi connectivity index (χ1) is 13.2. The fourth-order valence-electron chi connectivity index (χ4n) is 4.83. The maximum absolute atomic E-state index is 12.7. The molecule has 1 atom stereocenters. The Morgan fingerprint density at radius 1 is 1.07 bits per heavy atom. The van der Waals surface area contributed by atoms with Crippen molar-refractivity contribution in [2.24, 2.45) is 13.0 Å². The highest BCUT2D eigenvalue weighted by Crippen LogP contribution is 2.30. The highest BCUT2D eigenvalue weighted by molar-refractivity contribution is 5.76. The lowest BCUT2D eigenvalue weighted by atomic mass is 9.95. The van der Waals surface area contributed by atoms with Gasteiger partial charge in [0.2, 0.25) is 5.91 Å². The van der Waals surface area contributed by atoms with Gasteiger partial charge < -0.3 is 14.2 Å². The quantitative estimate of drug-likeness (QED) is 0.787. The molecule has 3 heterocycles. The fourth-order valence-corrected chi connectivity index (χ4v) is 4.83. The second kappa shape index (κ2) is 8.69. The molecule has 2 aliphatic heterocycles. The van der Waals surface area contributed by atoms with Crippen LogP contribution in [-0.4, -0.2) is 69.9 Å². The van der Waals surface area contributed by atoms with Crippen LogP contribution in [0.5, 0.6) is 0 Å². The topological polar surface area (TPSA) is 63.5 Å². The molecule has 3 fully saturated rings. The molecule has 7 nitrogen and oxygen atoms in total. The van der Waals surface area contributed by atoms with E-state index in [1.807, 2.05) is 0 Å². The minimum absolute atomic E-state index is 0.308. The Bertz CT molecular complexity index is 634. The molecule has 1 saturated carbocycles. The van der Waals surface area contributed by atoms with Crippen molar-refractivity contribution in [3.8, 4) is 0 Å². The van der Waals surface area contributed by atoms with E-state index in [0.29, 0.717) is 17.7 Å². The average Bonchev–Trinajstić information content (AvgIpc) is 3.33. The van der Waals surface area contributed by atoms with Crippen molar-refractivity contribution >= 4 is 5.91 Å². The number of amides is 1. The Balaban J connectivity index is 1.36. The van der Waals surface area contributed by atoms with Gasteiger partial charge in [0.1, 0.15) is 11.6 Å². The lowest BCUT2D eigenvalue weighted by Crippen LogP contribution is -2.40. The summed E-state index contributed by atoms with van der Waals surface area (Å²) in [6.07, 6.45) is 7.96. The molecule has 1 amide bonds. The number of ether oxygens (including phenoxy) is 1. The van der Waals surface area contributed by atoms with Crippen molar-refractivity contribution < 1.29 is 9.53 Å². The lowest BCUT2D eigenvalue weighted by Gasteiger charge is -2.33. The van der Waals surface area contributed by atoms with Gasteiger partial charge in [0.15, 0.2) is 0 Å². The zero-order chi connectivity index (χ0) is 18.6. The number of likely N-dealkylation sites (tertiary alicyclic amines) is 1. The first-order valence-electron chi connectivity index (χ1n) is 10.7. The summed E-state index contributed by atoms with van der Waals surface area (Å²) in [4.78, 5) is 17.2. The molecule has 1 aromatic rings. The Kier molecular flexibility index (Phi) is 6.08. The summed E-state index contributed by atoms with van der Waals surface area (Å²) >= 11 is 0. The van der Waals surface area contributed by atoms with Gasteiger partial charge in [-0.15, -0.1) is 10.2 Å². The monoisotopic (exact) mass is 375 g/mol. The summed E-state index contributed by atoms with van der Waals surface area (Å²) in [5.74, 6) is 3.33. The zero-order valence-corrected chi connectivity index (χ0v) is 16.6. The van der Waals surface area contributed by atoms with Crippen molar-refractivity contribution in [2.75, 3.05) is 39.4 Å². The van der Waals surface area contributed by atoms with Gasteiger partial charge in [-0.3, -0.25) is 9.69 Å². The highest BCUT2D eigenvalue weighted by Gasteiger charge is 2.30. The maximum Gasteiger partial charge on any atom is 0.222 e. The molecule has 0 radical (unpaired) electrons. The molecule has 27 heavy (non-hydrogen) atoms. The van der Waals surface area contributed by atoms with Gasteiger partial charge in [-0.1, -0.05) is 12.8 Å². The third-order valence-corrected chi connectivity index (χ3v) is 6.54. The van der Waals surface area contributed by atoms with Crippen molar-refractivity contribution in [3.05, 3.63) is 11.6 Å². The van der Waals surface area contributed by atoms with Gasteiger partial charge in [0.25, 0.3) is 0 Å². The molecule has 0 spiro atoms. The molecule has 0 N–H and O–H groups in total. The van der Waals surface area contributed by atoms with Crippen LogP contribution in [0.4, 0.5) is 0 Å². The number of carbonyl (C=O) groups is 1. The molecule has 150 valence electrons. The third-order valence-electron chi connectivity index (χ3n) is 6.54. The summed E-state index contributed by atoms with van der Waals surface area (Å²) in [5.41, 5.74) is 0. The van der Waals surface area contributed by atoms with Crippen LogP contribution in [0.1, 0.15) is 62.5 Å². The van der Waals surface area contributed by atoms with E-state index in [4.69, 9.17) is 4.74 Å². The van der Waals surface area contributed by atoms with Crippen LogP contribution < -0.4 is 0 Å². The van der Waals surface area contributed by atoms with E-state index in [0.717, 1.165) is 76.8 Å². The van der Waals surface area contributed by atoms with Crippen LogP contribution in [0.15, 0.2) is 0 Å². The number of piperidine rings is 1.